The Morgan fingerprint density at radius 2 is 1.68 bits per heavy atom. The van der Waals surface area contributed by atoms with E-state index in [-0.39, 0.29) is 16.3 Å². The van der Waals surface area contributed by atoms with Crippen LogP contribution < -0.4 is 24.4 Å². The molecule has 0 saturated carbocycles. The summed E-state index contributed by atoms with van der Waals surface area (Å²) in [7, 11) is 1.46. The third-order valence-electron chi connectivity index (χ3n) is 5.57. The standard InChI is InChI=1S/C28H25ClN2O6/c1-4-36-24-15-19(14-23(29)25(24)35-3)13-22-26(32)30-28(34)31(27(22)33)20-9-11-21(12-10-20)37-16-18-7-5-17(2)6-8-18/h5-15H,4,16H2,1-3H3,(H,30,32,34)/b22-13+. The van der Waals surface area contributed by atoms with E-state index in [2.05, 4.69) is 5.32 Å². The number of benzene rings is 3. The normalized spacial score (nSPS) is 14.5. The number of aryl methyl sites for hydroxylation is 1. The Hall–Kier alpha value is -4.30. The maximum absolute atomic E-state index is 13.2. The molecule has 4 rings (SSSR count). The highest BCUT2D eigenvalue weighted by atomic mass is 35.5. The van der Waals surface area contributed by atoms with E-state index in [1.54, 1.807) is 37.3 Å². The number of anilines is 1. The number of hydrogen-bond donors (Lipinski definition) is 1. The maximum Gasteiger partial charge on any atom is 0.335 e. The van der Waals surface area contributed by atoms with E-state index in [0.29, 0.717) is 36.0 Å². The fourth-order valence-corrected chi connectivity index (χ4v) is 4.03. The van der Waals surface area contributed by atoms with Crippen molar-refractivity contribution in [2.45, 2.75) is 20.5 Å². The predicted octanol–water partition coefficient (Wildman–Crippen LogP) is 5.30. The summed E-state index contributed by atoms with van der Waals surface area (Å²) in [5.74, 6) is -0.313. The van der Waals surface area contributed by atoms with Crippen LogP contribution in [0.1, 0.15) is 23.6 Å². The van der Waals surface area contributed by atoms with Crippen LogP contribution in [0.4, 0.5) is 10.5 Å². The lowest BCUT2D eigenvalue weighted by Gasteiger charge is -2.26. The first-order valence-electron chi connectivity index (χ1n) is 11.5. The van der Waals surface area contributed by atoms with Gasteiger partial charge in [-0.05, 0) is 67.4 Å². The highest BCUT2D eigenvalue weighted by Gasteiger charge is 2.37. The Bertz CT molecular complexity index is 1370. The Morgan fingerprint density at radius 1 is 0.973 bits per heavy atom. The Balaban J connectivity index is 1.56. The van der Waals surface area contributed by atoms with Crippen molar-refractivity contribution in [1.82, 2.24) is 5.32 Å². The molecule has 3 aromatic rings. The molecule has 0 radical (unpaired) electrons. The number of rotatable bonds is 8. The van der Waals surface area contributed by atoms with Crippen molar-refractivity contribution in [1.29, 1.82) is 0 Å². The molecule has 0 atom stereocenters. The topological polar surface area (TPSA) is 94.2 Å². The number of halogens is 1. The minimum Gasteiger partial charge on any atom is -0.491 e. The molecule has 37 heavy (non-hydrogen) atoms. The lowest BCUT2D eigenvalue weighted by atomic mass is 10.1. The number of carbonyl (C=O) groups is 3. The van der Waals surface area contributed by atoms with Crippen LogP contribution in [0, 0.1) is 6.92 Å². The fourth-order valence-electron chi connectivity index (χ4n) is 3.73. The van der Waals surface area contributed by atoms with Gasteiger partial charge in [0.2, 0.25) is 0 Å². The largest absolute Gasteiger partial charge is 0.491 e. The van der Waals surface area contributed by atoms with E-state index < -0.39 is 17.8 Å². The number of hydrogen-bond acceptors (Lipinski definition) is 6. The Morgan fingerprint density at radius 3 is 2.32 bits per heavy atom. The van der Waals surface area contributed by atoms with Gasteiger partial charge in [-0.3, -0.25) is 14.9 Å². The molecule has 0 spiro atoms. The number of carbonyl (C=O) groups excluding carboxylic acids is 3. The second-order valence-corrected chi connectivity index (χ2v) is 8.60. The molecule has 8 nitrogen and oxygen atoms in total. The zero-order valence-corrected chi connectivity index (χ0v) is 21.3. The summed E-state index contributed by atoms with van der Waals surface area (Å²) in [5.41, 5.74) is 2.66. The van der Waals surface area contributed by atoms with E-state index in [1.165, 1.54) is 19.3 Å². The zero-order valence-electron chi connectivity index (χ0n) is 20.5. The third kappa shape index (κ3) is 5.76. The first-order chi connectivity index (χ1) is 17.8. The molecule has 4 amide bonds. The Kier molecular flexibility index (Phi) is 7.79. The van der Waals surface area contributed by atoms with Crippen LogP contribution >= 0.6 is 11.6 Å². The molecule has 9 heteroatoms. The molecule has 1 N–H and O–H groups in total. The summed E-state index contributed by atoms with van der Waals surface area (Å²) >= 11 is 6.30. The summed E-state index contributed by atoms with van der Waals surface area (Å²) < 4.78 is 16.6. The van der Waals surface area contributed by atoms with Crippen molar-refractivity contribution in [2.24, 2.45) is 0 Å². The lowest BCUT2D eigenvalue weighted by Crippen LogP contribution is -2.54. The van der Waals surface area contributed by atoms with Crippen LogP contribution in [-0.4, -0.2) is 31.6 Å². The molecule has 190 valence electrons. The van der Waals surface area contributed by atoms with Crippen molar-refractivity contribution in [3.05, 3.63) is 87.9 Å². The minimum absolute atomic E-state index is 0.233. The molecular weight excluding hydrogens is 496 g/mol. The number of nitrogens with zero attached hydrogens (tertiary/aromatic N) is 1. The number of barbiturate groups is 1. The van der Waals surface area contributed by atoms with Gasteiger partial charge in [0.15, 0.2) is 11.5 Å². The number of imide groups is 2. The van der Waals surface area contributed by atoms with E-state index in [9.17, 15) is 14.4 Å². The molecule has 1 saturated heterocycles. The van der Waals surface area contributed by atoms with Crippen LogP contribution in [0.25, 0.3) is 6.08 Å². The van der Waals surface area contributed by atoms with Crippen molar-refractivity contribution in [2.75, 3.05) is 18.6 Å². The molecule has 0 aromatic heterocycles. The Labute approximate surface area is 219 Å². The lowest BCUT2D eigenvalue weighted by molar-refractivity contribution is -0.122. The molecule has 3 aromatic carbocycles. The number of urea groups is 1. The van der Waals surface area contributed by atoms with E-state index >= 15 is 0 Å². The molecular formula is C28H25ClN2O6. The van der Waals surface area contributed by atoms with Gasteiger partial charge >= 0.3 is 6.03 Å². The number of ether oxygens (including phenoxy) is 3. The molecule has 0 unspecified atom stereocenters. The van der Waals surface area contributed by atoms with E-state index in [0.717, 1.165) is 16.0 Å². The smallest absolute Gasteiger partial charge is 0.335 e. The van der Waals surface area contributed by atoms with E-state index in [4.69, 9.17) is 25.8 Å². The van der Waals surface area contributed by atoms with Crippen molar-refractivity contribution in [3.8, 4) is 17.2 Å². The van der Waals surface area contributed by atoms with Crippen molar-refractivity contribution >= 4 is 41.2 Å². The number of methoxy groups -OCH3 is 1. The summed E-state index contributed by atoms with van der Waals surface area (Å²) in [5, 5.41) is 2.46. The van der Waals surface area contributed by atoms with Gasteiger partial charge in [0.25, 0.3) is 11.8 Å². The summed E-state index contributed by atoms with van der Waals surface area (Å²) in [6.45, 7) is 4.55. The molecule has 1 fully saturated rings. The maximum atomic E-state index is 13.2. The minimum atomic E-state index is -0.844. The van der Waals surface area contributed by atoms with Crippen molar-refractivity contribution in [3.63, 3.8) is 0 Å². The third-order valence-corrected chi connectivity index (χ3v) is 5.85. The second-order valence-electron chi connectivity index (χ2n) is 8.19. The number of nitrogens with one attached hydrogen (secondary N) is 1. The van der Waals surface area contributed by atoms with Crippen LogP contribution in [-0.2, 0) is 16.2 Å². The zero-order chi connectivity index (χ0) is 26.5. The molecule has 1 heterocycles. The van der Waals surface area contributed by atoms with Gasteiger partial charge in [-0.1, -0.05) is 41.4 Å². The van der Waals surface area contributed by atoms with Crippen molar-refractivity contribution < 1.29 is 28.6 Å². The monoisotopic (exact) mass is 520 g/mol. The summed E-state index contributed by atoms with van der Waals surface area (Å²) in [4.78, 5) is 39.3. The quantitative estimate of drug-likeness (QED) is 0.320. The molecule has 1 aliphatic heterocycles. The average Bonchev–Trinajstić information content (AvgIpc) is 2.87. The van der Waals surface area contributed by atoms with E-state index in [1.807, 2.05) is 31.2 Å². The van der Waals surface area contributed by atoms with Gasteiger partial charge in [-0.15, -0.1) is 0 Å². The molecule has 1 aliphatic rings. The predicted molar refractivity (Wildman–Crippen MR) is 140 cm³/mol. The molecule has 0 aliphatic carbocycles. The summed E-state index contributed by atoms with van der Waals surface area (Å²) in [6.07, 6.45) is 1.35. The van der Waals surface area contributed by atoms with Gasteiger partial charge in [0.05, 0.1) is 24.4 Å². The highest BCUT2D eigenvalue weighted by Crippen LogP contribution is 2.37. The first-order valence-corrected chi connectivity index (χ1v) is 11.9. The van der Waals surface area contributed by atoms with Gasteiger partial charge in [0, 0.05) is 0 Å². The first kappa shape index (κ1) is 25.8. The van der Waals surface area contributed by atoms with Crippen LogP contribution in [0.15, 0.2) is 66.2 Å². The van der Waals surface area contributed by atoms with Gasteiger partial charge in [-0.2, -0.15) is 0 Å². The van der Waals surface area contributed by atoms with Crippen LogP contribution in [0.2, 0.25) is 5.02 Å². The number of amides is 4. The van der Waals surface area contributed by atoms with Gasteiger partial charge in [-0.25, -0.2) is 9.69 Å². The molecule has 0 bridgehead atoms. The summed E-state index contributed by atoms with van der Waals surface area (Å²) in [6, 6.07) is 16.7. The highest BCUT2D eigenvalue weighted by molar-refractivity contribution is 6.39. The average molecular weight is 521 g/mol. The second kappa shape index (κ2) is 11.2. The van der Waals surface area contributed by atoms with Gasteiger partial charge < -0.3 is 14.2 Å². The van der Waals surface area contributed by atoms with Gasteiger partial charge in [0.1, 0.15) is 17.9 Å². The van der Waals surface area contributed by atoms with Crippen LogP contribution in [0.5, 0.6) is 17.2 Å². The van der Waals surface area contributed by atoms with Crippen LogP contribution in [0.3, 0.4) is 0 Å². The SMILES string of the molecule is CCOc1cc(/C=C2\C(=O)NC(=O)N(c3ccc(OCc4ccc(C)cc4)cc3)C2=O)cc(Cl)c1OC. The fraction of sp³-hybridized carbons (Fsp3) is 0.179.